The molecule has 0 amide bonds. The van der Waals surface area contributed by atoms with Crippen LogP contribution in [0.5, 0.6) is 0 Å². The molecule has 0 aromatic heterocycles. The Labute approximate surface area is 194 Å². The van der Waals surface area contributed by atoms with Gasteiger partial charge in [-0.15, -0.1) is 0 Å². The molecular weight excluding hydrogens is 376 g/mol. The summed E-state index contributed by atoms with van der Waals surface area (Å²) in [5.74, 6) is 6.49. The van der Waals surface area contributed by atoms with Crippen molar-refractivity contribution in [3.8, 4) is 0 Å². The zero-order valence-electron chi connectivity index (χ0n) is 21.9. The minimum absolute atomic E-state index is 0.467. The number of allylic oxidation sites excluding steroid dienone is 1. The van der Waals surface area contributed by atoms with E-state index < -0.39 is 0 Å². The highest BCUT2D eigenvalue weighted by molar-refractivity contribution is 5.25. The number of hydrogen-bond donors (Lipinski definition) is 0. The Morgan fingerprint density at radius 2 is 1.77 bits per heavy atom. The van der Waals surface area contributed by atoms with Crippen LogP contribution in [0.1, 0.15) is 112 Å². The molecule has 0 radical (unpaired) electrons. The summed E-state index contributed by atoms with van der Waals surface area (Å²) in [6.45, 7) is 15.2. The predicted octanol–water partition coefficient (Wildman–Crippen LogP) is 8.68. The van der Waals surface area contributed by atoms with Gasteiger partial charge in [-0.1, -0.05) is 66.0 Å². The van der Waals surface area contributed by atoms with Crippen molar-refractivity contribution in [3.63, 3.8) is 0 Å². The first-order valence-electron chi connectivity index (χ1n) is 14.0. The summed E-state index contributed by atoms with van der Waals surface area (Å²) in [6, 6.07) is 0. The lowest BCUT2D eigenvalue weighted by Crippen LogP contribution is -2.51. The van der Waals surface area contributed by atoms with E-state index in [4.69, 9.17) is 4.74 Å². The van der Waals surface area contributed by atoms with Crippen LogP contribution in [-0.4, -0.2) is 13.2 Å². The largest absolute Gasteiger partial charge is 0.381 e. The average molecular weight is 429 g/mol. The predicted molar refractivity (Wildman–Crippen MR) is 133 cm³/mol. The molecule has 0 aromatic carbocycles. The van der Waals surface area contributed by atoms with Crippen molar-refractivity contribution in [1.82, 2.24) is 0 Å². The maximum atomic E-state index is 5.77. The molecule has 3 saturated carbocycles. The Kier molecular flexibility index (Phi) is 7.04. The van der Waals surface area contributed by atoms with E-state index in [1.807, 2.05) is 7.11 Å². The first kappa shape index (κ1) is 23.8. The minimum atomic E-state index is 0.467. The summed E-state index contributed by atoms with van der Waals surface area (Å²) in [7, 11) is 1.91. The molecule has 1 nitrogen and oxygen atoms in total. The third kappa shape index (κ3) is 4.08. The Bertz CT molecular complexity index is 649. The molecule has 4 aliphatic carbocycles. The number of rotatable bonds is 7. The molecule has 4 aliphatic rings. The molecule has 0 aliphatic heterocycles. The highest BCUT2D eigenvalue weighted by Gasteiger charge is 2.59. The Morgan fingerprint density at radius 1 is 1.00 bits per heavy atom. The van der Waals surface area contributed by atoms with E-state index in [1.54, 1.807) is 5.57 Å². The van der Waals surface area contributed by atoms with Crippen LogP contribution in [0.25, 0.3) is 0 Å². The second kappa shape index (κ2) is 9.15. The van der Waals surface area contributed by atoms with Gasteiger partial charge in [-0.3, -0.25) is 0 Å². The van der Waals surface area contributed by atoms with Crippen molar-refractivity contribution in [1.29, 1.82) is 0 Å². The quantitative estimate of drug-likeness (QED) is 0.368. The average Bonchev–Trinajstić information content (AvgIpc) is 3.10. The lowest BCUT2D eigenvalue weighted by atomic mass is 9.47. The van der Waals surface area contributed by atoms with Gasteiger partial charge in [0.1, 0.15) is 0 Å². The zero-order chi connectivity index (χ0) is 22.4. The van der Waals surface area contributed by atoms with E-state index >= 15 is 0 Å². The zero-order valence-corrected chi connectivity index (χ0v) is 21.9. The first-order chi connectivity index (χ1) is 14.7. The topological polar surface area (TPSA) is 9.23 Å². The van der Waals surface area contributed by atoms with Crippen molar-refractivity contribution in [3.05, 3.63) is 11.6 Å². The van der Waals surface area contributed by atoms with Gasteiger partial charge in [-0.2, -0.15) is 0 Å². The fourth-order valence-corrected chi connectivity index (χ4v) is 9.49. The highest BCUT2D eigenvalue weighted by Crippen LogP contribution is 2.67. The number of hydrogen-bond acceptors (Lipinski definition) is 1. The third-order valence-electron chi connectivity index (χ3n) is 11.6. The molecule has 0 bridgehead atoms. The molecule has 9 unspecified atom stereocenters. The third-order valence-corrected chi connectivity index (χ3v) is 11.6. The molecule has 0 heterocycles. The van der Waals surface area contributed by atoms with Crippen molar-refractivity contribution in [2.24, 2.45) is 52.3 Å². The summed E-state index contributed by atoms with van der Waals surface area (Å²) in [6.07, 6.45) is 18.6. The second-order valence-corrected chi connectivity index (χ2v) is 13.1. The molecule has 31 heavy (non-hydrogen) atoms. The lowest BCUT2D eigenvalue weighted by molar-refractivity contribution is -0.0603. The Hall–Kier alpha value is -0.300. The lowest BCUT2D eigenvalue weighted by Gasteiger charge is -2.58. The fourth-order valence-electron chi connectivity index (χ4n) is 9.49. The second-order valence-electron chi connectivity index (χ2n) is 13.1. The first-order valence-corrected chi connectivity index (χ1v) is 14.0. The van der Waals surface area contributed by atoms with Crippen LogP contribution in [0.3, 0.4) is 0 Å². The molecular formula is C30H52O. The Morgan fingerprint density at radius 3 is 2.45 bits per heavy atom. The minimum Gasteiger partial charge on any atom is -0.381 e. The summed E-state index contributed by atoms with van der Waals surface area (Å²) < 4.78 is 5.77. The van der Waals surface area contributed by atoms with Gasteiger partial charge in [-0.25, -0.2) is 0 Å². The van der Waals surface area contributed by atoms with Gasteiger partial charge in [0.15, 0.2) is 0 Å². The van der Waals surface area contributed by atoms with Gasteiger partial charge in [-0.05, 0) is 110 Å². The fraction of sp³-hybridized carbons (Fsp3) is 0.933. The Balaban J connectivity index is 1.47. The molecule has 9 atom stereocenters. The van der Waals surface area contributed by atoms with Crippen LogP contribution in [-0.2, 0) is 4.74 Å². The van der Waals surface area contributed by atoms with Crippen LogP contribution in [0, 0.1) is 52.3 Å². The summed E-state index contributed by atoms with van der Waals surface area (Å²) in [5, 5.41) is 0. The van der Waals surface area contributed by atoms with Crippen molar-refractivity contribution < 1.29 is 4.74 Å². The molecule has 0 spiro atoms. The van der Waals surface area contributed by atoms with Gasteiger partial charge in [0, 0.05) is 7.11 Å². The van der Waals surface area contributed by atoms with Gasteiger partial charge in [0.05, 0.1) is 6.10 Å². The number of fused-ring (bicyclic) bond motifs is 5. The van der Waals surface area contributed by atoms with E-state index in [9.17, 15) is 0 Å². The van der Waals surface area contributed by atoms with Crippen LogP contribution in [0.15, 0.2) is 11.6 Å². The molecule has 178 valence electrons. The van der Waals surface area contributed by atoms with Gasteiger partial charge >= 0.3 is 0 Å². The number of ether oxygens (including phenoxy) is 1. The molecule has 4 rings (SSSR count). The van der Waals surface area contributed by atoms with Crippen molar-refractivity contribution in [2.45, 2.75) is 118 Å². The smallest absolute Gasteiger partial charge is 0.0608 e. The normalized spacial score (nSPS) is 44.3. The maximum absolute atomic E-state index is 5.77. The van der Waals surface area contributed by atoms with Gasteiger partial charge in [0.25, 0.3) is 0 Å². The van der Waals surface area contributed by atoms with E-state index in [0.717, 1.165) is 41.4 Å². The van der Waals surface area contributed by atoms with E-state index in [-0.39, 0.29) is 0 Å². The maximum Gasteiger partial charge on any atom is 0.0608 e. The van der Waals surface area contributed by atoms with Crippen LogP contribution in [0.2, 0.25) is 0 Å². The van der Waals surface area contributed by atoms with Gasteiger partial charge in [0.2, 0.25) is 0 Å². The monoisotopic (exact) mass is 428 g/mol. The summed E-state index contributed by atoms with van der Waals surface area (Å²) >= 11 is 0. The van der Waals surface area contributed by atoms with E-state index in [1.165, 1.54) is 70.6 Å². The van der Waals surface area contributed by atoms with Crippen LogP contribution in [0.4, 0.5) is 0 Å². The van der Waals surface area contributed by atoms with Crippen LogP contribution < -0.4 is 0 Å². The number of methoxy groups -OCH3 is 1. The van der Waals surface area contributed by atoms with Crippen LogP contribution >= 0.6 is 0 Å². The molecule has 3 fully saturated rings. The van der Waals surface area contributed by atoms with Gasteiger partial charge < -0.3 is 4.74 Å². The summed E-state index contributed by atoms with van der Waals surface area (Å²) in [4.78, 5) is 0. The highest BCUT2D eigenvalue weighted by atomic mass is 16.5. The molecule has 0 aromatic rings. The van der Waals surface area contributed by atoms with Crippen molar-refractivity contribution >= 4 is 0 Å². The SMILES string of the molecule is CCC(CCC(C)C1CCC2C3CC=C4CC(OC)CCC4(C)C3CCC12C)C(C)C. The summed E-state index contributed by atoms with van der Waals surface area (Å²) in [5.41, 5.74) is 2.83. The standard InChI is InChI=1S/C30H52O/c1-8-22(20(2)3)10-9-21(4)26-13-14-27-25-12-11-23-19-24(31-7)15-17-29(23,5)28(25)16-18-30(26,27)6/h11,20-22,24-28H,8-10,12-19H2,1-7H3. The molecule has 0 saturated heterocycles. The van der Waals surface area contributed by atoms with E-state index in [2.05, 4.69) is 47.6 Å². The molecule has 0 N–H and O–H groups in total. The molecule has 1 heteroatoms. The van der Waals surface area contributed by atoms with Crippen molar-refractivity contribution in [2.75, 3.05) is 7.11 Å². The van der Waals surface area contributed by atoms with E-state index in [0.29, 0.717) is 16.9 Å².